The van der Waals surface area contributed by atoms with E-state index in [1.54, 1.807) is 0 Å². The molecule has 5 heteroatoms. The maximum absolute atomic E-state index is 14.0. The van der Waals surface area contributed by atoms with Crippen molar-refractivity contribution in [3.05, 3.63) is 97.9 Å². The average Bonchev–Trinajstić information content (AvgIpc) is 3.06. The van der Waals surface area contributed by atoms with Gasteiger partial charge in [0.2, 0.25) is 0 Å². The number of halogens is 2. The first-order valence-electron chi connectivity index (χ1n) is 11.2. The highest BCUT2D eigenvalue weighted by molar-refractivity contribution is 9.10. The Labute approximate surface area is 210 Å². The van der Waals surface area contributed by atoms with Gasteiger partial charge in [-0.3, -0.25) is 9.59 Å². The van der Waals surface area contributed by atoms with Crippen molar-refractivity contribution < 1.29 is 14.3 Å². The number of esters is 1. The van der Waals surface area contributed by atoms with Gasteiger partial charge in [0.1, 0.15) is 16.9 Å². The summed E-state index contributed by atoms with van der Waals surface area (Å²) < 4.78 is 7.87. The summed E-state index contributed by atoms with van der Waals surface area (Å²) in [5.74, 6) is 0.204. The summed E-state index contributed by atoms with van der Waals surface area (Å²) in [5, 5.41) is 0. The molecule has 1 heterocycles. The number of Topliss-reactive ketones (excluding diaryl/α,β-unsaturated/α-hetero) is 1. The summed E-state index contributed by atoms with van der Waals surface area (Å²) in [7, 11) is 0. The van der Waals surface area contributed by atoms with Crippen LogP contribution in [0.5, 0.6) is 5.75 Å². The number of benzene rings is 3. The standard InChI is InChI=1S/C28H24Br2O3/c1-16(2)17-9-10-23-26(13-17)33-27(32)28(23)24(18-5-3-7-20(29)11-18)14-22(31)15-25(28)19-6-4-8-21(30)12-19/h3-13,16,24-25H,14-15H2,1-2H3/t24-,25+,28?. The number of hydrogen-bond acceptors (Lipinski definition) is 3. The van der Waals surface area contributed by atoms with Crippen molar-refractivity contribution in [3.63, 3.8) is 0 Å². The van der Waals surface area contributed by atoms with Gasteiger partial charge in [-0.2, -0.15) is 0 Å². The second kappa shape index (κ2) is 8.52. The normalized spacial score (nSPS) is 24.3. The Kier molecular flexibility index (Phi) is 5.82. The molecule has 1 spiro atoms. The molecule has 5 rings (SSSR count). The monoisotopic (exact) mass is 566 g/mol. The first-order valence-corrected chi connectivity index (χ1v) is 12.8. The SMILES string of the molecule is CC(C)c1ccc2c(c1)OC(=O)C21[C@@H](c2cccc(Br)c2)CC(=O)C[C@H]1c1cccc(Br)c1. The van der Waals surface area contributed by atoms with E-state index in [-0.39, 0.29) is 23.6 Å². The Balaban J connectivity index is 1.80. The molecule has 0 amide bonds. The van der Waals surface area contributed by atoms with Crippen LogP contribution in [0.3, 0.4) is 0 Å². The third kappa shape index (κ3) is 3.70. The minimum atomic E-state index is -0.972. The summed E-state index contributed by atoms with van der Waals surface area (Å²) in [6.07, 6.45) is 0.614. The molecule has 1 fully saturated rings. The number of ketones is 1. The minimum Gasteiger partial charge on any atom is -0.425 e. The number of carbonyl (C=O) groups is 2. The summed E-state index contributed by atoms with van der Waals surface area (Å²) in [5.41, 5.74) is 2.98. The fourth-order valence-corrected chi connectivity index (χ4v) is 6.42. The Hall–Kier alpha value is -2.24. The Morgan fingerprint density at radius 1 is 0.848 bits per heavy atom. The van der Waals surface area contributed by atoms with E-state index < -0.39 is 5.41 Å². The molecule has 1 saturated carbocycles. The smallest absolute Gasteiger partial charge is 0.323 e. The van der Waals surface area contributed by atoms with E-state index in [0.717, 1.165) is 31.2 Å². The van der Waals surface area contributed by atoms with Crippen molar-refractivity contribution in [2.24, 2.45) is 0 Å². The zero-order valence-corrected chi connectivity index (χ0v) is 21.6. The first-order chi connectivity index (χ1) is 15.8. The van der Waals surface area contributed by atoms with Crippen molar-refractivity contribution >= 4 is 43.6 Å². The summed E-state index contributed by atoms with van der Waals surface area (Å²) >= 11 is 7.15. The van der Waals surface area contributed by atoms with E-state index in [0.29, 0.717) is 24.5 Å². The molecule has 2 aliphatic rings. The van der Waals surface area contributed by atoms with Crippen LogP contribution in [-0.2, 0) is 15.0 Å². The predicted octanol–water partition coefficient (Wildman–Crippen LogP) is 7.42. The lowest BCUT2D eigenvalue weighted by Gasteiger charge is -2.45. The Bertz CT molecular complexity index is 1210. The molecule has 168 valence electrons. The Morgan fingerprint density at radius 3 is 1.94 bits per heavy atom. The molecule has 3 atom stereocenters. The fourth-order valence-electron chi connectivity index (χ4n) is 5.59. The molecule has 1 unspecified atom stereocenters. The van der Waals surface area contributed by atoms with Crippen LogP contribution >= 0.6 is 31.9 Å². The quantitative estimate of drug-likeness (QED) is 0.244. The van der Waals surface area contributed by atoms with Gasteiger partial charge in [0.25, 0.3) is 0 Å². The minimum absolute atomic E-state index is 0.163. The van der Waals surface area contributed by atoms with Crippen LogP contribution in [0.4, 0.5) is 0 Å². The molecule has 33 heavy (non-hydrogen) atoms. The number of rotatable bonds is 3. The highest BCUT2D eigenvalue weighted by atomic mass is 79.9. The number of hydrogen-bond donors (Lipinski definition) is 0. The first kappa shape index (κ1) is 22.5. The largest absolute Gasteiger partial charge is 0.425 e. The summed E-state index contributed by atoms with van der Waals surface area (Å²) in [6.45, 7) is 4.25. The van der Waals surface area contributed by atoms with Crippen LogP contribution in [0.25, 0.3) is 0 Å². The van der Waals surface area contributed by atoms with Gasteiger partial charge in [-0.05, 0) is 52.9 Å². The number of carbonyl (C=O) groups excluding carboxylic acids is 2. The molecule has 0 N–H and O–H groups in total. The van der Waals surface area contributed by atoms with E-state index in [1.807, 2.05) is 54.6 Å². The second-order valence-corrected chi connectivity index (χ2v) is 11.2. The van der Waals surface area contributed by atoms with E-state index in [9.17, 15) is 9.59 Å². The van der Waals surface area contributed by atoms with Gasteiger partial charge < -0.3 is 4.74 Å². The summed E-state index contributed by atoms with van der Waals surface area (Å²) in [4.78, 5) is 27.1. The maximum Gasteiger partial charge on any atom is 0.323 e. The number of fused-ring (bicyclic) bond motifs is 2. The van der Waals surface area contributed by atoms with Crippen molar-refractivity contribution in [2.75, 3.05) is 0 Å². The molecule has 3 nitrogen and oxygen atoms in total. The van der Waals surface area contributed by atoms with Gasteiger partial charge in [-0.25, -0.2) is 0 Å². The fraction of sp³-hybridized carbons (Fsp3) is 0.286. The zero-order valence-electron chi connectivity index (χ0n) is 18.5. The van der Waals surface area contributed by atoms with Crippen molar-refractivity contribution in [1.29, 1.82) is 0 Å². The number of ether oxygens (including phenoxy) is 1. The topological polar surface area (TPSA) is 43.4 Å². The molecule has 0 bridgehead atoms. The Morgan fingerprint density at radius 2 is 1.42 bits per heavy atom. The molecule has 0 aromatic heterocycles. The molecule has 1 aliphatic carbocycles. The van der Waals surface area contributed by atoms with Gasteiger partial charge in [-0.1, -0.05) is 82.1 Å². The lowest BCUT2D eigenvalue weighted by Crippen LogP contribution is -2.49. The van der Waals surface area contributed by atoms with Crippen LogP contribution in [0.15, 0.2) is 75.7 Å². The second-order valence-electron chi connectivity index (χ2n) is 9.33. The lowest BCUT2D eigenvalue weighted by atomic mass is 9.54. The lowest BCUT2D eigenvalue weighted by molar-refractivity contribution is -0.142. The molecule has 0 saturated heterocycles. The van der Waals surface area contributed by atoms with E-state index >= 15 is 0 Å². The highest BCUT2D eigenvalue weighted by Crippen LogP contribution is 2.61. The van der Waals surface area contributed by atoms with E-state index in [4.69, 9.17) is 4.74 Å². The van der Waals surface area contributed by atoms with Crippen LogP contribution in [0.1, 0.15) is 66.7 Å². The average molecular weight is 568 g/mol. The highest BCUT2D eigenvalue weighted by Gasteiger charge is 2.62. The van der Waals surface area contributed by atoms with E-state index in [2.05, 4.69) is 57.8 Å². The maximum atomic E-state index is 14.0. The molecule has 3 aromatic rings. The predicted molar refractivity (Wildman–Crippen MR) is 136 cm³/mol. The van der Waals surface area contributed by atoms with Crippen molar-refractivity contribution in [2.45, 2.75) is 49.9 Å². The summed E-state index contributed by atoms with van der Waals surface area (Å²) in [6, 6.07) is 22.1. The van der Waals surface area contributed by atoms with Gasteiger partial charge in [-0.15, -0.1) is 0 Å². The molecule has 1 aliphatic heterocycles. The van der Waals surface area contributed by atoms with Crippen LogP contribution in [0.2, 0.25) is 0 Å². The van der Waals surface area contributed by atoms with Gasteiger partial charge in [0, 0.05) is 39.2 Å². The van der Waals surface area contributed by atoms with Crippen LogP contribution in [0, 0.1) is 0 Å². The van der Waals surface area contributed by atoms with E-state index in [1.165, 1.54) is 0 Å². The molecule has 3 aromatic carbocycles. The zero-order chi connectivity index (χ0) is 23.3. The third-order valence-corrected chi connectivity index (χ3v) is 8.11. The third-order valence-electron chi connectivity index (χ3n) is 7.12. The molecular formula is C28H24Br2O3. The van der Waals surface area contributed by atoms with Gasteiger partial charge >= 0.3 is 5.97 Å². The molecule has 0 radical (unpaired) electrons. The van der Waals surface area contributed by atoms with Crippen LogP contribution in [-0.4, -0.2) is 11.8 Å². The van der Waals surface area contributed by atoms with Crippen molar-refractivity contribution in [1.82, 2.24) is 0 Å². The van der Waals surface area contributed by atoms with Gasteiger partial charge in [0.15, 0.2) is 0 Å². The van der Waals surface area contributed by atoms with Crippen molar-refractivity contribution in [3.8, 4) is 5.75 Å². The molecular weight excluding hydrogens is 544 g/mol. The van der Waals surface area contributed by atoms with Gasteiger partial charge in [0.05, 0.1) is 0 Å². The van der Waals surface area contributed by atoms with Crippen LogP contribution < -0.4 is 4.74 Å².